The summed E-state index contributed by atoms with van der Waals surface area (Å²) in [5.41, 5.74) is 0.894. The van der Waals surface area contributed by atoms with Crippen LogP contribution in [0.25, 0.3) is 10.8 Å². The van der Waals surface area contributed by atoms with Gasteiger partial charge in [-0.2, -0.15) is 0 Å². The lowest BCUT2D eigenvalue weighted by molar-refractivity contribution is -0.117. The number of hydrogen-bond donors (Lipinski definition) is 2. The van der Waals surface area contributed by atoms with Crippen molar-refractivity contribution in [1.82, 2.24) is 10.2 Å². The van der Waals surface area contributed by atoms with Gasteiger partial charge in [0.15, 0.2) is 0 Å². The highest BCUT2D eigenvalue weighted by Crippen LogP contribution is 2.23. The molecular weight excluding hydrogens is 274 g/mol. The van der Waals surface area contributed by atoms with Gasteiger partial charge in [-0.15, -0.1) is 0 Å². The minimum atomic E-state index is 0.0631. The molecule has 4 heteroatoms. The summed E-state index contributed by atoms with van der Waals surface area (Å²) in [7, 11) is 1.99. The molecule has 0 bridgehead atoms. The molecule has 1 saturated heterocycles. The first kappa shape index (κ1) is 15.0. The van der Waals surface area contributed by atoms with E-state index in [1.165, 1.54) is 6.42 Å². The van der Waals surface area contributed by atoms with Crippen LogP contribution in [0.3, 0.4) is 0 Å². The summed E-state index contributed by atoms with van der Waals surface area (Å²) < 4.78 is 0. The molecule has 1 unspecified atom stereocenters. The van der Waals surface area contributed by atoms with Gasteiger partial charge in [0.05, 0.1) is 6.54 Å². The zero-order valence-electron chi connectivity index (χ0n) is 13.0. The number of nitrogens with zero attached hydrogens (tertiary/aromatic N) is 1. The molecular formula is C18H23N3O. The number of benzene rings is 2. The highest BCUT2D eigenvalue weighted by atomic mass is 16.2. The largest absolute Gasteiger partial charge is 0.324 e. The Morgan fingerprint density at radius 3 is 2.91 bits per heavy atom. The Balaban J connectivity index is 1.66. The first-order valence-corrected chi connectivity index (χ1v) is 7.93. The van der Waals surface area contributed by atoms with E-state index in [4.69, 9.17) is 0 Å². The summed E-state index contributed by atoms with van der Waals surface area (Å²) in [5.74, 6) is 0.0631. The van der Waals surface area contributed by atoms with Gasteiger partial charge in [0.1, 0.15) is 0 Å². The monoisotopic (exact) mass is 297 g/mol. The van der Waals surface area contributed by atoms with E-state index < -0.39 is 0 Å². The molecule has 22 heavy (non-hydrogen) atoms. The van der Waals surface area contributed by atoms with Crippen LogP contribution in [0.15, 0.2) is 42.5 Å². The third-order valence-corrected chi connectivity index (χ3v) is 4.34. The van der Waals surface area contributed by atoms with Crippen LogP contribution in [0.4, 0.5) is 5.69 Å². The van der Waals surface area contributed by atoms with E-state index in [2.05, 4.69) is 27.7 Å². The van der Waals surface area contributed by atoms with Crippen molar-refractivity contribution in [2.45, 2.75) is 18.9 Å². The Kier molecular flexibility index (Phi) is 4.71. The highest BCUT2D eigenvalue weighted by Gasteiger charge is 2.20. The van der Waals surface area contributed by atoms with Crippen molar-refractivity contribution in [2.75, 3.05) is 32.0 Å². The number of piperidine rings is 1. The van der Waals surface area contributed by atoms with Gasteiger partial charge in [-0.3, -0.25) is 9.69 Å². The summed E-state index contributed by atoms with van der Waals surface area (Å²) in [4.78, 5) is 14.6. The number of anilines is 1. The molecule has 1 fully saturated rings. The van der Waals surface area contributed by atoms with Crippen molar-refractivity contribution in [1.29, 1.82) is 0 Å². The molecule has 4 nitrogen and oxygen atoms in total. The molecule has 2 aromatic carbocycles. The molecule has 2 aromatic rings. The maximum Gasteiger partial charge on any atom is 0.238 e. The Bertz CT molecular complexity index is 650. The van der Waals surface area contributed by atoms with E-state index in [9.17, 15) is 4.79 Å². The van der Waals surface area contributed by atoms with Crippen LogP contribution >= 0.6 is 0 Å². The third-order valence-electron chi connectivity index (χ3n) is 4.34. The van der Waals surface area contributed by atoms with E-state index >= 15 is 0 Å². The SMILES string of the molecule is CNC1CCCN(CC(=O)Nc2cccc3ccccc23)C1. The van der Waals surface area contributed by atoms with Crippen molar-refractivity contribution in [3.63, 3.8) is 0 Å². The molecule has 1 aliphatic heterocycles. The van der Waals surface area contributed by atoms with E-state index in [0.29, 0.717) is 12.6 Å². The van der Waals surface area contributed by atoms with Crippen molar-refractivity contribution in [3.8, 4) is 0 Å². The summed E-state index contributed by atoms with van der Waals surface area (Å²) in [6, 6.07) is 14.6. The number of likely N-dealkylation sites (N-methyl/N-ethyl adjacent to an activating group) is 1. The van der Waals surface area contributed by atoms with Crippen LogP contribution in [0.1, 0.15) is 12.8 Å². The predicted octanol–water partition coefficient (Wildman–Crippen LogP) is 2.46. The minimum Gasteiger partial charge on any atom is -0.324 e. The number of carbonyl (C=O) groups is 1. The summed E-state index contributed by atoms with van der Waals surface area (Å²) in [6.07, 6.45) is 2.34. The highest BCUT2D eigenvalue weighted by molar-refractivity contribution is 6.02. The maximum absolute atomic E-state index is 12.3. The topological polar surface area (TPSA) is 44.4 Å². The van der Waals surface area contributed by atoms with Gasteiger partial charge in [-0.05, 0) is 37.9 Å². The lowest BCUT2D eigenvalue weighted by Gasteiger charge is -2.31. The van der Waals surface area contributed by atoms with Gasteiger partial charge in [-0.1, -0.05) is 36.4 Å². The standard InChI is InChI=1S/C18H23N3O/c1-19-15-8-5-11-21(12-15)13-18(22)20-17-10-4-7-14-6-2-3-9-16(14)17/h2-4,6-7,9-10,15,19H,5,8,11-13H2,1H3,(H,20,22). The molecule has 3 rings (SSSR count). The Morgan fingerprint density at radius 1 is 1.23 bits per heavy atom. The van der Waals surface area contributed by atoms with Crippen molar-refractivity contribution < 1.29 is 4.79 Å². The van der Waals surface area contributed by atoms with Crippen molar-refractivity contribution >= 4 is 22.4 Å². The maximum atomic E-state index is 12.3. The number of nitrogens with one attached hydrogen (secondary N) is 2. The number of rotatable bonds is 4. The van der Waals surface area contributed by atoms with Gasteiger partial charge in [0.25, 0.3) is 0 Å². The Hall–Kier alpha value is -1.91. The second kappa shape index (κ2) is 6.90. The number of carbonyl (C=O) groups excluding carboxylic acids is 1. The van der Waals surface area contributed by atoms with Gasteiger partial charge >= 0.3 is 0 Å². The number of fused-ring (bicyclic) bond motifs is 1. The van der Waals surface area contributed by atoms with Gasteiger partial charge in [-0.25, -0.2) is 0 Å². The fraction of sp³-hybridized carbons (Fsp3) is 0.389. The smallest absolute Gasteiger partial charge is 0.238 e. The zero-order chi connectivity index (χ0) is 15.4. The molecule has 0 saturated carbocycles. The van der Waals surface area contributed by atoms with E-state index in [1.54, 1.807) is 0 Å². The molecule has 0 spiro atoms. The van der Waals surface area contributed by atoms with Crippen molar-refractivity contribution in [2.24, 2.45) is 0 Å². The molecule has 2 N–H and O–H groups in total. The summed E-state index contributed by atoms with van der Waals surface area (Å²) in [6.45, 7) is 2.40. The molecule has 1 heterocycles. The molecule has 1 amide bonds. The molecule has 1 aliphatic rings. The van der Waals surface area contributed by atoms with Crippen LogP contribution in [-0.4, -0.2) is 43.5 Å². The average molecular weight is 297 g/mol. The number of likely N-dealkylation sites (tertiary alicyclic amines) is 1. The first-order valence-electron chi connectivity index (χ1n) is 7.93. The van der Waals surface area contributed by atoms with Crippen LogP contribution < -0.4 is 10.6 Å². The van der Waals surface area contributed by atoms with Crippen LogP contribution in [0.2, 0.25) is 0 Å². The molecule has 0 aromatic heterocycles. The fourth-order valence-corrected chi connectivity index (χ4v) is 3.16. The van der Waals surface area contributed by atoms with Crippen molar-refractivity contribution in [3.05, 3.63) is 42.5 Å². The quantitative estimate of drug-likeness (QED) is 0.911. The first-order chi connectivity index (χ1) is 10.8. The van der Waals surface area contributed by atoms with Crippen LogP contribution in [0, 0.1) is 0 Å². The number of amides is 1. The van der Waals surface area contributed by atoms with E-state index in [-0.39, 0.29) is 5.91 Å². The third kappa shape index (κ3) is 3.46. The van der Waals surface area contributed by atoms with E-state index in [1.807, 2.05) is 37.4 Å². The zero-order valence-corrected chi connectivity index (χ0v) is 13.0. The van der Waals surface area contributed by atoms with Gasteiger partial charge in [0.2, 0.25) is 5.91 Å². The lowest BCUT2D eigenvalue weighted by Crippen LogP contribution is -2.46. The fourth-order valence-electron chi connectivity index (χ4n) is 3.16. The Morgan fingerprint density at radius 2 is 2.05 bits per heavy atom. The van der Waals surface area contributed by atoms with Crippen LogP contribution in [0.5, 0.6) is 0 Å². The van der Waals surface area contributed by atoms with Crippen LogP contribution in [-0.2, 0) is 4.79 Å². The molecule has 1 atom stereocenters. The second-order valence-electron chi connectivity index (χ2n) is 5.94. The van der Waals surface area contributed by atoms with Gasteiger partial charge in [0, 0.05) is 23.7 Å². The normalized spacial score (nSPS) is 19.2. The molecule has 0 radical (unpaired) electrons. The van der Waals surface area contributed by atoms with Gasteiger partial charge < -0.3 is 10.6 Å². The minimum absolute atomic E-state index is 0.0631. The van der Waals surface area contributed by atoms with E-state index in [0.717, 1.165) is 36.0 Å². The predicted molar refractivity (Wildman–Crippen MR) is 91.1 cm³/mol. The number of hydrogen-bond acceptors (Lipinski definition) is 3. The Labute approximate surface area is 131 Å². The summed E-state index contributed by atoms with van der Waals surface area (Å²) in [5, 5.41) is 8.61. The average Bonchev–Trinajstić information content (AvgIpc) is 2.55. The lowest BCUT2D eigenvalue weighted by atomic mass is 10.1. The second-order valence-corrected chi connectivity index (χ2v) is 5.94. The molecule has 116 valence electrons. The molecule has 0 aliphatic carbocycles. The summed E-state index contributed by atoms with van der Waals surface area (Å²) >= 11 is 0.